The van der Waals surface area contributed by atoms with Crippen LogP contribution in [0.15, 0.2) is 30.5 Å². The zero-order valence-electron chi connectivity index (χ0n) is 14.6. The van der Waals surface area contributed by atoms with Crippen LogP contribution in [-0.4, -0.2) is 27.4 Å². The van der Waals surface area contributed by atoms with Crippen LogP contribution in [-0.2, 0) is 11.2 Å². The van der Waals surface area contributed by atoms with Gasteiger partial charge < -0.3 is 15.7 Å². The number of nitrogens with one attached hydrogen (secondary N) is 2. The maximum atomic E-state index is 14.5. The second-order valence-electron chi connectivity index (χ2n) is 6.72. The van der Waals surface area contributed by atoms with Gasteiger partial charge >= 0.3 is 0 Å². The summed E-state index contributed by atoms with van der Waals surface area (Å²) in [7, 11) is 0. The van der Waals surface area contributed by atoms with Crippen molar-refractivity contribution in [2.75, 3.05) is 5.32 Å². The number of hydrogen-bond donors (Lipinski definition) is 3. The lowest BCUT2D eigenvalue weighted by Gasteiger charge is -2.20. The Morgan fingerprint density at radius 3 is 2.62 bits per heavy atom. The Kier molecular flexibility index (Phi) is 5.82. The van der Waals surface area contributed by atoms with Gasteiger partial charge in [-0.25, -0.2) is 9.37 Å². The quantitative estimate of drug-likeness (QED) is 0.760. The molecule has 0 aliphatic heterocycles. The van der Waals surface area contributed by atoms with Crippen molar-refractivity contribution in [1.29, 1.82) is 0 Å². The molecule has 1 aromatic carbocycles. The zero-order valence-corrected chi connectivity index (χ0v) is 15.3. The molecule has 1 heterocycles. The van der Waals surface area contributed by atoms with Gasteiger partial charge in [0.05, 0.1) is 12.1 Å². The van der Waals surface area contributed by atoms with Crippen molar-refractivity contribution in [2.24, 2.45) is 0 Å². The summed E-state index contributed by atoms with van der Waals surface area (Å²) in [6, 6.07) is 5.55. The number of anilines is 1. The van der Waals surface area contributed by atoms with Crippen LogP contribution in [0.3, 0.4) is 0 Å². The van der Waals surface area contributed by atoms with E-state index in [0.717, 1.165) is 0 Å². The van der Waals surface area contributed by atoms with Crippen LogP contribution < -0.4 is 10.6 Å². The molecule has 138 valence electrons. The summed E-state index contributed by atoms with van der Waals surface area (Å²) in [5, 5.41) is 15.1. The third-order valence-electron chi connectivity index (χ3n) is 3.26. The van der Waals surface area contributed by atoms with E-state index in [1.807, 2.05) is 0 Å². The molecule has 0 bridgehead atoms. The van der Waals surface area contributed by atoms with Crippen LogP contribution in [0.4, 0.5) is 10.1 Å². The van der Waals surface area contributed by atoms with Crippen molar-refractivity contribution in [3.63, 3.8) is 0 Å². The molecule has 6 nitrogen and oxygen atoms in total. The van der Waals surface area contributed by atoms with Gasteiger partial charge in [0, 0.05) is 22.3 Å². The van der Waals surface area contributed by atoms with Gasteiger partial charge in [-0.1, -0.05) is 11.6 Å². The van der Waals surface area contributed by atoms with Gasteiger partial charge in [0.2, 0.25) is 5.91 Å². The maximum Gasteiger partial charge on any atom is 0.273 e. The number of halogens is 2. The first-order valence-electron chi connectivity index (χ1n) is 7.81. The van der Waals surface area contributed by atoms with Crippen molar-refractivity contribution >= 4 is 29.1 Å². The van der Waals surface area contributed by atoms with E-state index < -0.39 is 28.9 Å². The predicted octanol–water partition coefficient (Wildman–Crippen LogP) is 3.29. The van der Waals surface area contributed by atoms with Gasteiger partial charge in [-0.05, 0) is 45.0 Å². The SMILES string of the molecule is CC(C)(C)NC(=O)c1nccc(NC(=O)Cc2cc(Cl)ccc2O)c1F. The molecule has 0 saturated carbocycles. The van der Waals surface area contributed by atoms with Crippen LogP contribution in [0.2, 0.25) is 5.02 Å². The molecule has 0 spiro atoms. The Morgan fingerprint density at radius 2 is 1.96 bits per heavy atom. The van der Waals surface area contributed by atoms with Crippen LogP contribution in [0.5, 0.6) is 5.75 Å². The van der Waals surface area contributed by atoms with E-state index in [1.54, 1.807) is 20.8 Å². The first kappa shape index (κ1) is 19.7. The van der Waals surface area contributed by atoms with E-state index in [0.29, 0.717) is 10.6 Å². The fourth-order valence-electron chi connectivity index (χ4n) is 2.16. The van der Waals surface area contributed by atoms with E-state index in [-0.39, 0.29) is 17.9 Å². The van der Waals surface area contributed by atoms with Gasteiger partial charge in [-0.3, -0.25) is 9.59 Å². The molecule has 0 aliphatic carbocycles. The van der Waals surface area contributed by atoms with Crippen molar-refractivity contribution in [3.05, 3.63) is 52.6 Å². The lowest BCUT2D eigenvalue weighted by atomic mass is 10.1. The maximum absolute atomic E-state index is 14.5. The van der Waals surface area contributed by atoms with Gasteiger partial charge in [-0.15, -0.1) is 0 Å². The van der Waals surface area contributed by atoms with Crippen LogP contribution in [0, 0.1) is 5.82 Å². The van der Waals surface area contributed by atoms with E-state index in [2.05, 4.69) is 15.6 Å². The smallest absolute Gasteiger partial charge is 0.273 e. The summed E-state index contributed by atoms with van der Waals surface area (Å²) in [5.74, 6) is -2.28. The average Bonchev–Trinajstić information content (AvgIpc) is 2.51. The number of carbonyl (C=O) groups excluding carboxylic acids is 2. The fourth-order valence-corrected chi connectivity index (χ4v) is 2.36. The minimum atomic E-state index is -0.932. The molecule has 2 aromatic rings. The molecule has 0 unspecified atom stereocenters. The summed E-state index contributed by atoms with van der Waals surface area (Å²) in [6.45, 7) is 5.27. The average molecular weight is 380 g/mol. The molecule has 0 radical (unpaired) electrons. The van der Waals surface area contributed by atoms with E-state index in [1.165, 1.54) is 30.5 Å². The number of hydrogen-bond acceptors (Lipinski definition) is 4. The molecule has 0 atom stereocenters. The highest BCUT2D eigenvalue weighted by molar-refractivity contribution is 6.30. The minimum Gasteiger partial charge on any atom is -0.508 e. The monoisotopic (exact) mass is 379 g/mol. The Hall–Kier alpha value is -2.67. The van der Waals surface area contributed by atoms with E-state index >= 15 is 0 Å². The third-order valence-corrected chi connectivity index (χ3v) is 3.49. The Labute approximate surface area is 155 Å². The van der Waals surface area contributed by atoms with E-state index in [4.69, 9.17) is 11.6 Å². The minimum absolute atomic E-state index is 0.0926. The molecule has 3 N–H and O–H groups in total. The first-order chi connectivity index (χ1) is 12.1. The van der Waals surface area contributed by atoms with Crippen LogP contribution >= 0.6 is 11.6 Å². The lowest BCUT2D eigenvalue weighted by molar-refractivity contribution is -0.115. The van der Waals surface area contributed by atoms with Crippen molar-refractivity contribution < 1.29 is 19.1 Å². The largest absolute Gasteiger partial charge is 0.508 e. The Balaban J connectivity index is 2.17. The second kappa shape index (κ2) is 7.70. The number of amides is 2. The second-order valence-corrected chi connectivity index (χ2v) is 7.16. The number of nitrogens with zero attached hydrogens (tertiary/aromatic N) is 1. The molecule has 0 aliphatic rings. The van der Waals surface area contributed by atoms with E-state index in [9.17, 15) is 19.1 Å². The standard InChI is InChI=1S/C18H19ClFN3O3/c1-18(2,3)23-17(26)16-15(20)12(6-7-21-16)22-14(25)9-10-8-11(19)4-5-13(10)24/h4-8,24H,9H2,1-3H3,(H,23,26)(H,21,22,25). The summed E-state index contributed by atoms with van der Waals surface area (Å²) in [4.78, 5) is 28.0. The zero-order chi connectivity index (χ0) is 19.5. The lowest BCUT2D eigenvalue weighted by Crippen LogP contribution is -2.41. The number of carbonyl (C=O) groups is 2. The molecule has 0 fully saturated rings. The van der Waals surface area contributed by atoms with Gasteiger partial charge in [-0.2, -0.15) is 0 Å². The number of rotatable bonds is 4. The van der Waals surface area contributed by atoms with Crippen molar-refractivity contribution in [2.45, 2.75) is 32.7 Å². The van der Waals surface area contributed by atoms with Crippen LogP contribution in [0.25, 0.3) is 0 Å². The fraction of sp³-hybridized carbons (Fsp3) is 0.278. The summed E-state index contributed by atoms with van der Waals surface area (Å²) in [6.07, 6.45) is 1.02. The molecular weight excluding hydrogens is 361 g/mol. The third kappa shape index (κ3) is 5.16. The molecule has 1 aromatic heterocycles. The van der Waals surface area contributed by atoms with Gasteiger partial charge in [0.1, 0.15) is 5.75 Å². The number of phenols is 1. The number of aromatic hydroxyl groups is 1. The molecule has 8 heteroatoms. The van der Waals surface area contributed by atoms with Crippen molar-refractivity contribution in [1.82, 2.24) is 10.3 Å². The number of aromatic nitrogens is 1. The highest BCUT2D eigenvalue weighted by Crippen LogP contribution is 2.23. The summed E-state index contributed by atoms with van der Waals surface area (Å²) < 4.78 is 14.5. The predicted molar refractivity (Wildman–Crippen MR) is 96.9 cm³/mol. The highest BCUT2D eigenvalue weighted by atomic mass is 35.5. The first-order valence-corrected chi connectivity index (χ1v) is 8.19. The normalized spacial score (nSPS) is 11.1. The number of phenolic OH excluding ortho intramolecular Hbond substituents is 1. The van der Waals surface area contributed by atoms with Gasteiger partial charge in [0.25, 0.3) is 5.91 Å². The summed E-state index contributed by atoms with van der Waals surface area (Å²) >= 11 is 5.84. The number of pyridine rings is 1. The van der Waals surface area contributed by atoms with Crippen molar-refractivity contribution in [3.8, 4) is 5.75 Å². The topological polar surface area (TPSA) is 91.3 Å². The molecule has 2 amide bonds. The summed E-state index contributed by atoms with van der Waals surface area (Å²) in [5.41, 5.74) is -0.849. The highest BCUT2D eigenvalue weighted by Gasteiger charge is 2.22. The molecule has 0 saturated heterocycles. The molecule has 26 heavy (non-hydrogen) atoms. The molecule has 2 rings (SSSR count). The number of benzene rings is 1. The molecular formula is C18H19ClFN3O3. The Morgan fingerprint density at radius 1 is 1.27 bits per heavy atom. The van der Waals surface area contributed by atoms with Crippen LogP contribution in [0.1, 0.15) is 36.8 Å². The van der Waals surface area contributed by atoms with Gasteiger partial charge in [0.15, 0.2) is 11.5 Å². The Bertz CT molecular complexity index is 850.